The van der Waals surface area contributed by atoms with Crippen LogP contribution in [0, 0.1) is 13.1 Å². The molecule has 4 rings (SSSR count). The molecular weight excluding hydrogens is 321 g/mol. The molecule has 0 aliphatic rings. The summed E-state index contributed by atoms with van der Waals surface area (Å²) in [6.45, 7) is 1.93. The van der Waals surface area contributed by atoms with Crippen LogP contribution in [0.2, 0.25) is 0 Å². The first-order valence-corrected chi connectivity index (χ1v) is 6.30. The molecule has 3 aromatic carbocycles. The van der Waals surface area contributed by atoms with Gasteiger partial charge in [-0.1, -0.05) is 59.4 Å². The third kappa shape index (κ3) is 1.95. The van der Waals surface area contributed by atoms with Crippen LogP contribution in [0.1, 0.15) is 5.69 Å². The monoisotopic (exact) mass is 332 g/mol. The maximum absolute atomic E-state index is 4.64. The van der Waals surface area contributed by atoms with Crippen molar-refractivity contribution >= 4 is 32.6 Å². The number of aryl methyl sites for hydroxylation is 1. The molecule has 1 radical (unpaired) electrons. The molecular formula is C17H11N2Y-. The van der Waals surface area contributed by atoms with Gasteiger partial charge in [-0.05, 0) is 28.8 Å². The maximum Gasteiger partial charge on any atom is 0.0136 e. The summed E-state index contributed by atoms with van der Waals surface area (Å²) >= 11 is 0. The van der Waals surface area contributed by atoms with Gasteiger partial charge >= 0.3 is 0 Å². The quantitative estimate of drug-likeness (QED) is 0.359. The minimum atomic E-state index is 0. The first-order valence-electron chi connectivity index (χ1n) is 6.30. The van der Waals surface area contributed by atoms with Gasteiger partial charge in [-0.15, -0.1) is 6.20 Å². The molecule has 0 saturated carbocycles. The summed E-state index contributed by atoms with van der Waals surface area (Å²) < 4.78 is 0. The zero-order valence-electron chi connectivity index (χ0n) is 11.1. The Kier molecular flexibility index (Phi) is 3.53. The summed E-state index contributed by atoms with van der Waals surface area (Å²) in [5, 5.41) is 4.74. The summed E-state index contributed by atoms with van der Waals surface area (Å²) in [5.74, 6) is 0. The molecule has 0 N–H and O–H groups in total. The second kappa shape index (κ2) is 5.19. The zero-order chi connectivity index (χ0) is 12.8. The molecule has 0 atom stereocenters. The van der Waals surface area contributed by atoms with E-state index >= 15 is 0 Å². The number of aromatic nitrogens is 2. The van der Waals surface area contributed by atoms with E-state index in [1.54, 1.807) is 0 Å². The number of hydrogen-bond acceptors (Lipinski definition) is 2. The Morgan fingerprint density at radius 2 is 1.25 bits per heavy atom. The van der Waals surface area contributed by atoms with Crippen molar-refractivity contribution < 1.29 is 32.7 Å². The number of benzene rings is 3. The van der Waals surface area contributed by atoms with E-state index < -0.39 is 0 Å². The topological polar surface area (TPSA) is 25.8 Å². The molecule has 0 spiro atoms. The van der Waals surface area contributed by atoms with Gasteiger partial charge in [0.15, 0.2) is 0 Å². The standard InChI is InChI=1S/C17H11N2.Y/c1-11-10-18-16-14-8-4-2-6-12(14)13-7-3-5-9-15(13)17(16)19-11;/h2-9H,1H3;/q-1;. The van der Waals surface area contributed by atoms with Crippen LogP contribution in [0.4, 0.5) is 0 Å². The molecule has 0 fully saturated rings. The van der Waals surface area contributed by atoms with E-state index in [1.165, 1.54) is 10.8 Å². The maximum atomic E-state index is 4.64. The molecule has 0 aliphatic heterocycles. The SMILES string of the molecule is Cc1[c-]nc2c3ccccc3c3ccccc3c2n1.[Y]. The Balaban J connectivity index is 0.00000121. The van der Waals surface area contributed by atoms with Crippen molar-refractivity contribution in [2.75, 3.05) is 0 Å². The van der Waals surface area contributed by atoms with Crippen LogP contribution in [0.15, 0.2) is 48.5 Å². The first kappa shape index (κ1) is 13.6. The molecule has 93 valence electrons. The van der Waals surface area contributed by atoms with E-state index in [0.29, 0.717) is 0 Å². The predicted molar refractivity (Wildman–Crippen MR) is 78.1 cm³/mol. The second-order valence-corrected chi connectivity index (χ2v) is 4.71. The number of nitrogens with zero attached hydrogens (tertiary/aromatic N) is 2. The molecule has 0 aliphatic carbocycles. The van der Waals surface area contributed by atoms with Crippen molar-refractivity contribution in [1.29, 1.82) is 0 Å². The third-order valence-corrected chi connectivity index (χ3v) is 3.49. The van der Waals surface area contributed by atoms with Crippen molar-refractivity contribution in [3.05, 3.63) is 60.4 Å². The van der Waals surface area contributed by atoms with Gasteiger partial charge in [-0.2, -0.15) is 0 Å². The van der Waals surface area contributed by atoms with Crippen LogP contribution in [0.25, 0.3) is 32.6 Å². The molecule has 0 amide bonds. The summed E-state index contributed by atoms with van der Waals surface area (Å²) in [4.78, 5) is 9.11. The van der Waals surface area contributed by atoms with Gasteiger partial charge in [-0.25, -0.2) is 0 Å². The zero-order valence-corrected chi connectivity index (χ0v) is 13.9. The normalized spacial score (nSPS) is 10.8. The Morgan fingerprint density at radius 3 is 1.85 bits per heavy atom. The van der Waals surface area contributed by atoms with Gasteiger partial charge in [0.05, 0.1) is 0 Å². The average molecular weight is 332 g/mol. The largest absolute Gasteiger partial charge is 0.448 e. The fourth-order valence-corrected chi connectivity index (χ4v) is 2.66. The van der Waals surface area contributed by atoms with Crippen LogP contribution in [0.3, 0.4) is 0 Å². The molecule has 0 unspecified atom stereocenters. The number of hydrogen-bond donors (Lipinski definition) is 0. The fourth-order valence-electron chi connectivity index (χ4n) is 2.66. The first-order chi connectivity index (χ1) is 9.34. The summed E-state index contributed by atoms with van der Waals surface area (Å²) in [6.07, 6.45) is 2.97. The van der Waals surface area contributed by atoms with Gasteiger partial charge < -0.3 is 4.98 Å². The molecule has 1 heterocycles. The van der Waals surface area contributed by atoms with E-state index in [0.717, 1.165) is 27.5 Å². The number of rotatable bonds is 0. The average Bonchev–Trinajstić information content (AvgIpc) is 2.47. The van der Waals surface area contributed by atoms with E-state index in [9.17, 15) is 0 Å². The van der Waals surface area contributed by atoms with E-state index in [2.05, 4.69) is 52.6 Å². The summed E-state index contributed by atoms with van der Waals surface area (Å²) in [5.41, 5.74) is 2.72. The van der Waals surface area contributed by atoms with Crippen molar-refractivity contribution in [2.24, 2.45) is 0 Å². The molecule has 0 saturated heterocycles. The second-order valence-electron chi connectivity index (χ2n) is 4.71. The molecule has 0 bridgehead atoms. The van der Waals surface area contributed by atoms with Crippen molar-refractivity contribution in [2.45, 2.75) is 6.92 Å². The third-order valence-electron chi connectivity index (χ3n) is 3.49. The molecule has 4 aromatic rings. The van der Waals surface area contributed by atoms with E-state index in [-0.39, 0.29) is 32.7 Å². The van der Waals surface area contributed by atoms with Gasteiger partial charge in [0.25, 0.3) is 0 Å². The van der Waals surface area contributed by atoms with E-state index in [4.69, 9.17) is 0 Å². The summed E-state index contributed by atoms with van der Waals surface area (Å²) in [6, 6.07) is 16.7. The van der Waals surface area contributed by atoms with Crippen molar-refractivity contribution in [3.63, 3.8) is 0 Å². The Morgan fingerprint density at radius 1 is 0.750 bits per heavy atom. The van der Waals surface area contributed by atoms with Gasteiger partial charge in [-0.3, -0.25) is 4.98 Å². The fraction of sp³-hybridized carbons (Fsp3) is 0.0588. The van der Waals surface area contributed by atoms with Crippen LogP contribution in [0.5, 0.6) is 0 Å². The summed E-state index contributed by atoms with van der Waals surface area (Å²) in [7, 11) is 0. The number of fused-ring (bicyclic) bond motifs is 6. The van der Waals surface area contributed by atoms with E-state index in [1.807, 2.05) is 19.1 Å². The molecule has 1 aromatic heterocycles. The minimum Gasteiger partial charge on any atom is -0.448 e. The van der Waals surface area contributed by atoms with Crippen LogP contribution in [-0.2, 0) is 32.7 Å². The van der Waals surface area contributed by atoms with Crippen molar-refractivity contribution in [3.8, 4) is 0 Å². The van der Waals surface area contributed by atoms with Gasteiger partial charge in [0.1, 0.15) is 0 Å². The van der Waals surface area contributed by atoms with Gasteiger partial charge in [0, 0.05) is 38.2 Å². The Bertz CT molecular complexity index is 896. The van der Waals surface area contributed by atoms with Gasteiger partial charge in [0.2, 0.25) is 0 Å². The molecule has 2 nitrogen and oxygen atoms in total. The molecule has 3 heteroatoms. The minimum absolute atomic E-state index is 0. The van der Waals surface area contributed by atoms with Crippen molar-refractivity contribution in [1.82, 2.24) is 9.97 Å². The Labute approximate surface area is 142 Å². The predicted octanol–water partition coefficient (Wildman–Crippen LogP) is 4.04. The van der Waals surface area contributed by atoms with Crippen LogP contribution < -0.4 is 0 Å². The van der Waals surface area contributed by atoms with Crippen LogP contribution in [-0.4, -0.2) is 9.97 Å². The molecule has 20 heavy (non-hydrogen) atoms. The smallest absolute Gasteiger partial charge is 0.0136 e. The van der Waals surface area contributed by atoms with Crippen LogP contribution >= 0.6 is 0 Å². The Hall–Kier alpha value is -1.38.